The summed E-state index contributed by atoms with van der Waals surface area (Å²) in [4.78, 5) is 0. The molecule has 0 fully saturated rings. The van der Waals surface area contributed by atoms with Crippen LogP contribution in [0.5, 0.6) is 0 Å². The lowest BCUT2D eigenvalue weighted by atomic mass is 10.0. The van der Waals surface area contributed by atoms with Gasteiger partial charge in [0.2, 0.25) is 0 Å². The van der Waals surface area contributed by atoms with Gasteiger partial charge in [0.25, 0.3) is 6.43 Å². The van der Waals surface area contributed by atoms with Gasteiger partial charge in [-0.2, -0.15) is 0 Å². The highest BCUT2D eigenvalue weighted by Crippen LogP contribution is 2.27. The Labute approximate surface area is 110 Å². The van der Waals surface area contributed by atoms with E-state index in [-0.39, 0.29) is 5.56 Å². The maximum Gasteiger partial charge on any atom is 0.263 e. The molecule has 94 valence electrons. The fraction of sp³-hybridized carbons (Fsp3) is 0.200. The molecule has 2 aromatic carbocycles. The minimum Gasteiger partial charge on any atom is -0.205 e. The molecular formula is C15H13ClF2. The Bertz CT molecular complexity index is 533. The lowest BCUT2D eigenvalue weighted by Crippen LogP contribution is -1.86. The lowest BCUT2D eigenvalue weighted by Gasteiger charge is -2.07. The molecule has 0 bridgehead atoms. The molecule has 0 aliphatic rings. The summed E-state index contributed by atoms with van der Waals surface area (Å²) in [5.74, 6) is 0. The van der Waals surface area contributed by atoms with Crippen molar-refractivity contribution in [1.29, 1.82) is 0 Å². The fourth-order valence-corrected chi connectivity index (χ4v) is 2.15. The molecule has 0 saturated heterocycles. The number of halogens is 3. The van der Waals surface area contributed by atoms with E-state index in [4.69, 9.17) is 11.6 Å². The van der Waals surface area contributed by atoms with Crippen molar-refractivity contribution in [3.8, 4) is 11.1 Å². The Morgan fingerprint density at radius 2 is 1.61 bits per heavy atom. The molecule has 0 aliphatic heterocycles. The van der Waals surface area contributed by atoms with E-state index < -0.39 is 6.43 Å². The third-order valence-corrected chi connectivity index (χ3v) is 3.28. The molecule has 0 aliphatic carbocycles. The number of rotatable bonds is 3. The van der Waals surface area contributed by atoms with Gasteiger partial charge in [-0.3, -0.25) is 0 Å². The molecule has 0 amide bonds. The summed E-state index contributed by atoms with van der Waals surface area (Å²) in [6, 6.07) is 12.1. The molecule has 0 N–H and O–H groups in total. The predicted molar refractivity (Wildman–Crippen MR) is 71.2 cm³/mol. The second-order valence-electron chi connectivity index (χ2n) is 4.08. The molecular weight excluding hydrogens is 254 g/mol. The summed E-state index contributed by atoms with van der Waals surface area (Å²) in [5, 5.41) is 0.716. The van der Waals surface area contributed by atoms with Crippen LogP contribution in [-0.2, 0) is 6.42 Å². The molecule has 0 aromatic heterocycles. The van der Waals surface area contributed by atoms with Crippen LogP contribution in [0.4, 0.5) is 8.78 Å². The van der Waals surface area contributed by atoms with Crippen LogP contribution in [-0.4, -0.2) is 0 Å². The minimum absolute atomic E-state index is 0.0371. The Morgan fingerprint density at radius 1 is 1.00 bits per heavy atom. The molecule has 0 nitrogen and oxygen atoms in total. The minimum atomic E-state index is -2.43. The van der Waals surface area contributed by atoms with E-state index in [0.29, 0.717) is 5.02 Å². The van der Waals surface area contributed by atoms with Crippen LogP contribution in [0.2, 0.25) is 5.02 Å². The van der Waals surface area contributed by atoms with Crippen molar-refractivity contribution in [2.45, 2.75) is 19.8 Å². The van der Waals surface area contributed by atoms with Gasteiger partial charge in [0.05, 0.1) is 0 Å². The molecule has 0 saturated carbocycles. The maximum atomic E-state index is 12.4. The van der Waals surface area contributed by atoms with Crippen molar-refractivity contribution >= 4 is 11.6 Å². The van der Waals surface area contributed by atoms with E-state index in [0.717, 1.165) is 23.1 Å². The van der Waals surface area contributed by atoms with E-state index in [9.17, 15) is 8.78 Å². The van der Waals surface area contributed by atoms with E-state index >= 15 is 0 Å². The van der Waals surface area contributed by atoms with Crippen molar-refractivity contribution in [2.75, 3.05) is 0 Å². The highest BCUT2D eigenvalue weighted by Gasteiger charge is 2.07. The van der Waals surface area contributed by atoms with Gasteiger partial charge >= 0.3 is 0 Å². The molecule has 0 heterocycles. The van der Waals surface area contributed by atoms with Crippen molar-refractivity contribution in [1.82, 2.24) is 0 Å². The summed E-state index contributed by atoms with van der Waals surface area (Å²) in [5.41, 5.74) is 2.96. The third kappa shape index (κ3) is 2.70. The van der Waals surface area contributed by atoms with Gasteiger partial charge < -0.3 is 0 Å². The van der Waals surface area contributed by atoms with Crippen LogP contribution in [0.15, 0.2) is 42.5 Å². The van der Waals surface area contributed by atoms with Crippen molar-refractivity contribution < 1.29 is 8.78 Å². The predicted octanol–water partition coefficient (Wildman–Crippen LogP) is 5.51. The first-order valence-corrected chi connectivity index (χ1v) is 6.16. The average Bonchev–Trinajstić information content (AvgIpc) is 2.38. The Morgan fingerprint density at radius 3 is 2.11 bits per heavy atom. The highest BCUT2D eigenvalue weighted by molar-refractivity contribution is 6.31. The van der Waals surface area contributed by atoms with E-state index in [1.807, 2.05) is 25.1 Å². The van der Waals surface area contributed by atoms with Gasteiger partial charge in [0, 0.05) is 10.6 Å². The van der Waals surface area contributed by atoms with Gasteiger partial charge in [-0.05, 0) is 29.2 Å². The van der Waals surface area contributed by atoms with Crippen molar-refractivity contribution in [3.05, 3.63) is 58.6 Å². The second kappa shape index (κ2) is 5.49. The molecule has 0 spiro atoms. The topological polar surface area (TPSA) is 0 Å². The molecule has 18 heavy (non-hydrogen) atoms. The molecule has 3 heteroatoms. The van der Waals surface area contributed by atoms with E-state index in [1.165, 1.54) is 12.1 Å². The second-order valence-corrected chi connectivity index (χ2v) is 4.49. The van der Waals surface area contributed by atoms with Crippen LogP contribution in [0, 0.1) is 0 Å². The summed E-state index contributed by atoms with van der Waals surface area (Å²) in [6.45, 7) is 2.04. The van der Waals surface area contributed by atoms with Gasteiger partial charge in [-0.1, -0.05) is 54.9 Å². The summed E-state index contributed by atoms with van der Waals surface area (Å²) in [6.07, 6.45) is -1.55. The first kappa shape index (κ1) is 13.0. The first-order valence-electron chi connectivity index (χ1n) is 5.78. The average molecular weight is 267 g/mol. The monoisotopic (exact) mass is 266 g/mol. The molecule has 0 unspecified atom stereocenters. The summed E-state index contributed by atoms with van der Waals surface area (Å²) >= 11 is 6.14. The summed E-state index contributed by atoms with van der Waals surface area (Å²) in [7, 11) is 0. The Kier molecular flexibility index (Phi) is 3.97. The molecule has 0 radical (unpaired) electrons. The maximum absolute atomic E-state index is 12.4. The first-order chi connectivity index (χ1) is 8.61. The van der Waals surface area contributed by atoms with Crippen molar-refractivity contribution in [3.63, 3.8) is 0 Å². The Hall–Kier alpha value is -1.41. The van der Waals surface area contributed by atoms with Crippen LogP contribution in [0.25, 0.3) is 11.1 Å². The SMILES string of the molecule is CCc1ccc(-c2ccc(C(F)F)cc2)cc1Cl. The lowest BCUT2D eigenvalue weighted by molar-refractivity contribution is 0.151. The fourth-order valence-electron chi connectivity index (χ4n) is 1.83. The van der Waals surface area contributed by atoms with Crippen LogP contribution in [0.3, 0.4) is 0 Å². The molecule has 2 aromatic rings. The highest BCUT2D eigenvalue weighted by atomic mass is 35.5. The van der Waals surface area contributed by atoms with Crippen LogP contribution in [0.1, 0.15) is 24.5 Å². The zero-order valence-corrected chi connectivity index (χ0v) is 10.7. The van der Waals surface area contributed by atoms with Gasteiger partial charge in [-0.25, -0.2) is 8.78 Å². The largest absolute Gasteiger partial charge is 0.263 e. The number of aryl methyl sites for hydroxylation is 1. The zero-order valence-electron chi connectivity index (χ0n) is 9.96. The van der Waals surface area contributed by atoms with Crippen LogP contribution < -0.4 is 0 Å². The molecule has 2 rings (SSSR count). The van der Waals surface area contributed by atoms with E-state index in [2.05, 4.69) is 0 Å². The van der Waals surface area contributed by atoms with Crippen LogP contribution >= 0.6 is 11.6 Å². The zero-order chi connectivity index (χ0) is 13.1. The normalized spacial score (nSPS) is 10.9. The van der Waals surface area contributed by atoms with Gasteiger partial charge in [0.15, 0.2) is 0 Å². The summed E-state index contributed by atoms with van der Waals surface area (Å²) < 4.78 is 24.9. The number of hydrogen-bond acceptors (Lipinski definition) is 0. The molecule has 0 atom stereocenters. The van der Waals surface area contributed by atoms with Gasteiger partial charge in [-0.15, -0.1) is 0 Å². The van der Waals surface area contributed by atoms with E-state index in [1.54, 1.807) is 12.1 Å². The number of alkyl halides is 2. The van der Waals surface area contributed by atoms with Crippen molar-refractivity contribution in [2.24, 2.45) is 0 Å². The third-order valence-electron chi connectivity index (χ3n) is 2.93. The number of benzene rings is 2. The van der Waals surface area contributed by atoms with Gasteiger partial charge in [0.1, 0.15) is 0 Å². The smallest absolute Gasteiger partial charge is 0.205 e. The standard InChI is InChI=1S/C15H13ClF2/c1-2-10-3-8-13(9-14(10)16)11-4-6-12(7-5-11)15(17)18/h3-9,15H,2H2,1H3. The number of hydrogen-bond donors (Lipinski definition) is 0. The quantitative estimate of drug-likeness (QED) is 0.687. The Balaban J connectivity index is 2.34.